The molecule has 0 bridgehead atoms. The Kier molecular flexibility index (Phi) is 18.3. The number of hydroxylamine groups is 2. The fourth-order valence-corrected chi connectivity index (χ4v) is 4.23. The minimum Gasteiger partial charge on any atom is -0.463 e. The number of benzene rings is 2. The number of Topliss-reactive ketones (excluding diaryl/α,β-unsaturated/α-hetero) is 1. The average molecular weight is 660 g/mol. The van der Waals surface area contributed by atoms with Crippen molar-refractivity contribution in [3.05, 3.63) is 71.8 Å². The van der Waals surface area contributed by atoms with Crippen molar-refractivity contribution < 1.29 is 48.1 Å². The maximum absolute atomic E-state index is 13.1. The van der Waals surface area contributed by atoms with Gasteiger partial charge in [0.15, 0.2) is 5.78 Å². The lowest BCUT2D eigenvalue weighted by Gasteiger charge is -2.31. The normalized spacial score (nSPS) is 12.6. The molecule has 0 aliphatic heterocycles. The molecule has 260 valence electrons. The zero-order valence-corrected chi connectivity index (χ0v) is 27.6. The van der Waals surface area contributed by atoms with E-state index >= 15 is 0 Å². The highest BCUT2D eigenvalue weighted by molar-refractivity contribution is 5.92. The first-order valence-corrected chi connectivity index (χ1v) is 15.7. The molecule has 0 heterocycles. The van der Waals surface area contributed by atoms with Gasteiger partial charge in [0.2, 0.25) is 5.91 Å². The lowest BCUT2D eigenvalue weighted by Crippen LogP contribution is -2.50. The molecule has 2 rings (SSSR count). The van der Waals surface area contributed by atoms with Crippen LogP contribution in [0, 0.1) is 0 Å². The number of ether oxygens (including phenoxy) is 4. The van der Waals surface area contributed by atoms with Gasteiger partial charge in [-0.25, -0.2) is 4.79 Å². The Bertz CT molecular complexity index is 1210. The highest BCUT2D eigenvalue weighted by Crippen LogP contribution is 2.13. The third-order valence-corrected chi connectivity index (χ3v) is 6.64. The molecular formula is C34H49N3O10. The molecule has 0 aliphatic carbocycles. The van der Waals surface area contributed by atoms with E-state index in [4.69, 9.17) is 29.5 Å². The van der Waals surface area contributed by atoms with Crippen LogP contribution < -0.4 is 11.1 Å². The lowest BCUT2D eigenvalue weighted by atomic mass is 9.99. The Morgan fingerprint density at radius 3 is 1.89 bits per heavy atom. The first kappa shape index (κ1) is 39.3. The Hall–Kier alpha value is -3.88. The molecule has 0 unspecified atom stereocenters. The Balaban J connectivity index is 1.64. The maximum Gasteiger partial charge on any atom is 0.431 e. The quantitative estimate of drug-likeness (QED) is 0.0907. The van der Waals surface area contributed by atoms with Crippen molar-refractivity contribution in [3.8, 4) is 0 Å². The van der Waals surface area contributed by atoms with E-state index in [9.17, 15) is 24.3 Å². The van der Waals surface area contributed by atoms with Gasteiger partial charge in [0.05, 0.1) is 63.7 Å². The lowest BCUT2D eigenvalue weighted by molar-refractivity contribution is -0.187. The van der Waals surface area contributed by atoms with Crippen LogP contribution in [0.3, 0.4) is 0 Å². The van der Waals surface area contributed by atoms with Crippen molar-refractivity contribution in [3.63, 3.8) is 0 Å². The summed E-state index contributed by atoms with van der Waals surface area (Å²) in [6.45, 7) is 7.22. The molecule has 0 saturated heterocycles. The van der Waals surface area contributed by atoms with Crippen LogP contribution in [-0.4, -0.2) is 97.8 Å². The van der Waals surface area contributed by atoms with Crippen molar-refractivity contribution >= 4 is 23.8 Å². The number of hydrogen-bond donors (Lipinski definition) is 3. The van der Waals surface area contributed by atoms with Crippen LogP contribution >= 0.6 is 0 Å². The summed E-state index contributed by atoms with van der Waals surface area (Å²) in [5.74, 6) is -1.38. The van der Waals surface area contributed by atoms with E-state index in [0.29, 0.717) is 39.5 Å². The summed E-state index contributed by atoms with van der Waals surface area (Å²) in [6.07, 6.45) is -0.571. The number of nitrogens with two attached hydrogens (primary N) is 1. The molecule has 2 amide bonds. The largest absolute Gasteiger partial charge is 0.463 e. The van der Waals surface area contributed by atoms with Gasteiger partial charge in [-0.2, -0.15) is 5.06 Å². The molecule has 2 aromatic rings. The number of nitrogens with one attached hydrogen (secondary N) is 1. The van der Waals surface area contributed by atoms with Crippen molar-refractivity contribution in [2.24, 2.45) is 5.73 Å². The predicted molar refractivity (Wildman–Crippen MR) is 173 cm³/mol. The fourth-order valence-electron chi connectivity index (χ4n) is 4.23. The number of rotatable bonds is 23. The van der Waals surface area contributed by atoms with Gasteiger partial charge in [0.25, 0.3) is 0 Å². The molecule has 0 radical (unpaired) electrons. The van der Waals surface area contributed by atoms with Crippen molar-refractivity contribution in [1.29, 1.82) is 0 Å². The van der Waals surface area contributed by atoms with Crippen LogP contribution in [-0.2, 0) is 51.2 Å². The van der Waals surface area contributed by atoms with Gasteiger partial charge in [0.1, 0.15) is 6.61 Å². The zero-order valence-electron chi connectivity index (χ0n) is 27.6. The van der Waals surface area contributed by atoms with E-state index in [1.165, 1.54) is 0 Å². The average Bonchev–Trinajstić information content (AvgIpc) is 3.03. The third-order valence-electron chi connectivity index (χ3n) is 6.64. The molecular weight excluding hydrogens is 610 g/mol. The monoisotopic (exact) mass is 659 g/mol. The van der Waals surface area contributed by atoms with E-state index in [1.54, 1.807) is 20.8 Å². The molecule has 0 fully saturated rings. The van der Waals surface area contributed by atoms with Crippen LogP contribution in [0.5, 0.6) is 0 Å². The summed E-state index contributed by atoms with van der Waals surface area (Å²) in [4.78, 5) is 54.7. The van der Waals surface area contributed by atoms with Crippen LogP contribution in [0.25, 0.3) is 0 Å². The molecule has 0 spiro atoms. The topological polar surface area (TPSA) is 176 Å². The number of hydrogen-bond acceptors (Lipinski definition) is 10. The molecule has 2 atom stereocenters. The van der Waals surface area contributed by atoms with Crippen molar-refractivity contribution in [1.82, 2.24) is 10.4 Å². The summed E-state index contributed by atoms with van der Waals surface area (Å²) in [6, 6.07) is 16.5. The van der Waals surface area contributed by atoms with E-state index in [2.05, 4.69) is 5.32 Å². The Labute approximate surface area is 276 Å². The predicted octanol–water partition coefficient (Wildman–Crippen LogP) is 3.28. The highest BCUT2D eigenvalue weighted by Gasteiger charge is 2.28. The molecule has 13 nitrogen and oxygen atoms in total. The number of carbonyl (C=O) groups is 4. The van der Waals surface area contributed by atoms with Crippen LogP contribution in [0.15, 0.2) is 60.7 Å². The third kappa shape index (κ3) is 17.0. The Morgan fingerprint density at radius 1 is 0.809 bits per heavy atom. The minimum atomic E-state index is -1.17. The standard InChI is InChI=1S/C34H49N3O10/c1-34(2,3)37(33(41)42)47-22-21-45-20-19-44-18-17-43-16-10-15-30(38)29(23-26-11-6-4-7-12-26)36-32(40)28(35)24-31(39)46-25-27-13-8-5-9-14-27/h4-9,11-14,28-29H,10,15-25,35H2,1-3H3,(H,36,40)(H,41,42)/t28-,29-/m0/s1. The van der Waals surface area contributed by atoms with E-state index < -0.39 is 35.6 Å². The van der Waals surface area contributed by atoms with Crippen LogP contribution in [0.2, 0.25) is 0 Å². The minimum absolute atomic E-state index is 0.0796. The second-order valence-electron chi connectivity index (χ2n) is 11.7. The van der Waals surface area contributed by atoms with Gasteiger partial charge in [0, 0.05) is 13.0 Å². The first-order chi connectivity index (χ1) is 22.5. The van der Waals surface area contributed by atoms with E-state index in [1.807, 2.05) is 60.7 Å². The number of ketones is 1. The Morgan fingerprint density at radius 2 is 1.34 bits per heavy atom. The van der Waals surface area contributed by atoms with Gasteiger partial charge in [-0.3, -0.25) is 19.2 Å². The summed E-state index contributed by atoms with van der Waals surface area (Å²) >= 11 is 0. The first-order valence-electron chi connectivity index (χ1n) is 15.7. The van der Waals surface area contributed by atoms with E-state index in [-0.39, 0.29) is 44.9 Å². The molecule has 0 saturated carbocycles. The molecule has 47 heavy (non-hydrogen) atoms. The van der Waals surface area contributed by atoms with Crippen molar-refractivity contribution in [2.75, 3.05) is 46.2 Å². The molecule has 0 aliphatic rings. The molecule has 13 heteroatoms. The van der Waals surface area contributed by atoms with Gasteiger partial charge in [-0.1, -0.05) is 60.7 Å². The SMILES string of the molecule is CC(C)(C)N(OCCOCCOCCOCCCC(=O)[C@H](Cc1ccccc1)NC(=O)[C@@H](N)CC(=O)OCc1ccccc1)C(=O)O. The molecule has 4 N–H and O–H groups in total. The number of carboxylic acid groups (broad SMARTS) is 1. The highest BCUT2D eigenvalue weighted by atomic mass is 16.7. The van der Waals surface area contributed by atoms with Gasteiger partial charge in [-0.15, -0.1) is 0 Å². The van der Waals surface area contributed by atoms with Gasteiger partial charge < -0.3 is 35.1 Å². The van der Waals surface area contributed by atoms with Crippen LogP contribution in [0.1, 0.15) is 51.2 Å². The zero-order chi connectivity index (χ0) is 34.5. The number of amides is 2. The summed E-state index contributed by atoms with van der Waals surface area (Å²) < 4.78 is 21.7. The van der Waals surface area contributed by atoms with Crippen LogP contribution in [0.4, 0.5) is 4.79 Å². The number of carbonyl (C=O) groups excluding carboxylic acids is 3. The van der Waals surface area contributed by atoms with Gasteiger partial charge in [-0.05, 0) is 44.7 Å². The maximum atomic E-state index is 13.1. The van der Waals surface area contributed by atoms with Gasteiger partial charge >= 0.3 is 12.1 Å². The molecule has 0 aromatic heterocycles. The smallest absolute Gasteiger partial charge is 0.431 e. The second kappa shape index (κ2) is 21.8. The second-order valence-corrected chi connectivity index (χ2v) is 11.7. The fraction of sp³-hybridized carbons (Fsp3) is 0.529. The number of esters is 1. The van der Waals surface area contributed by atoms with Crippen molar-refractivity contribution in [2.45, 2.75) is 70.7 Å². The summed E-state index contributed by atoms with van der Waals surface area (Å²) in [7, 11) is 0. The van der Waals surface area contributed by atoms with E-state index in [0.717, 1.165) is 16.2 Å². The summed E-state index contributed by atoms with van der Waals surface area (Å²) in [5.41, 5.74) is 7.00. The molecule has 2 aromatic carbocycles. The summed E-state index contributed by atoms with van der Waals surface area (Å²) in [5, 5.41) is 12.8. The number of nitrogens with zero attached hydrogens (tertiary/aromatic N) is 1.